The minimum absolute atomic E-state index is 0.0917. The second kappa shape index (κ2) is 9.87. The van der Waals surface area contributed by atoms with Crippen molar-refractivity contribution in [3.63, 3.8) is 0 Å². The normalized spacial score (nSPS) is 15.2. The molecule has 2 aromatic rings. The molecule has 0 radical (unpaired) electrons. The van der Waals surface area contributed by atoms with Crippen LogP contribution in [0.5, 0.6) is 0 Å². The molecular weight excluding hydrogens is 376 g/mol. The lowest BCUT2D eigenvalue weighted by Crippen LogP contribution is -2.41. The van der Waals surface area contributed by atoms with Crippen LogP contribution in [0.25, 0.3) is 6.08 Å². The van der Waals surface area contributed by atoms with Gasteiger partial charge in [-0.3, -0.25) is 14.4 Å². The van der Waals surface area contributed by atoms with Crippen LogP contribution >= 0.6 is 11.6 Å². The molecule has 3 rings (SSSR count). The highest BCUT2D eigenvalue weighted by Crippen LogP contribution is 2.20. The summed E-state index contributed by atoms with van der Waals surface area (Å²) in [6, 6.07) is 7.76. The molecule has 0 spiro atoms. The third-order valence-electron chi connectivity index (χ3n) is 4.95. The van der Waals surface area contributed by atoms with Gasteiger partial charge in [0.05, 0.1) is 25.5 Å². The highest BCUT2D eigenvalue weighted by Gasteiger charge is 2.12. The van der Waals surface area contributed by atoms with Gasteiger partial charge in [-0.1, -0.05) is 29.8 Å². The molecule has 7 heteroatoms. The van der Waals surface area contributed by atoms with E-state index in [-0.39, 0.29) is 5.91 Å². The van der Waals surface area contributed by atoms with Gasteiger partial charge in [-0.25, -0.2) is 0 Å². The van der Waals surface area contributed by atoms with Crippen molar-refractivity contribution in [1.29, 1.82) is 0 Å². The predicted molar refractivity (Wildman–Crippen MR) is 112 cm³/mol. The molecular formula is C21H27ClN4O2. The molecule has 1 aliphatic rings. The van der Waals surface area contributed by atoms with Crippen molar-refractivity contribution in [3.8, 4) is 0 Å². The van der Waals surface area contributed by atoms with Crippen LogP contribution in [-0.2, 0) is 16.1 Å². The van der Waals surface area contributed by atoms with Crippen molar-refractivity contribution >= 4 is 23.6 Å². The maximum atomic E-state index is 12.1. The number of hydrogen-bond acceptors (Lipinski definition) is 4. The first-order valence-electron chi connectivity index (χ1n) is 9.58. The zero-order chi connectivity index (χ0) is 19.9. The predicted octanol–water partition coefficient (Wildman–Crippen LogP) is 2.66. The number of carbonyl (C=O) groups is 1. The fourth-order valence-corrected chi connectivity index (χ4v) is 3.47. The van der Waals surface area contributed by atoms with Gasteiger partial charge in [0.15, 0.2) is 0 Å². The molecule has 1 saturated heterocycles. The third-order valence-corrected chi connectivity index (χ3v) is 5.32. The number of benzene rings is 1. The molecule has 150 valence electrons. The zero-order valence-electron chi connectivity index (χ0n) is 16.4. The Labute approximate surface area is 171 Å². The van der Waals surface area contributed by atoms with E-state index in [2.05, 4.69) is 15.3 Å². The molecule has 1 aromatic carbocycles. The van der Waals surface area contributed by atoms with E-state index in [0.29, 0.717) is 13.1 Å². The molecule has 0 atom stereocenters. The maximum absolute atomic E-state index is 12.1. The number of halogens is 1. The Morgan fingerprint density at radius 3 is 2.79 bits per heavy atom. The van der Waals surface area contributed by atoms with Crippen LogP contribution < -0.4 is 5.32 Å². The number of carbonyl (C=O) groups excluding carboxylic acids is 1. The van der Waals surface area contributed by atoms with E-state index in [0.717, 1.165) is 60.4 Å². The van der Waals surface area contributed by atoms with Crippen LogP contribution in [0.3, 0.4) is 0 Å². The number of amides is 1. The second-order valence-electron chi connectivity index (χ2n) is 6.91. The monoisotopic (exact) mass is 402 g/mol. The maximum Gasteiger partial charge on any atom is 0.244 e. The molecule has 2 heterocycles. The molecule has 1 amide bonds. The largest absolute Gasteiger partial charge is 0.379 e. The molecule has 0 bridgehead atoms. The third kappa shape index (κ3) is 5.44. The van der Waals surface area contributed by atoms with Gasteiger partial charge in [-0.05, 0) is 31.6 Å². The zero-order valence-corrected chi connectivity index (χ0v) is 17.2. The number of hydrogen-bond donors (Lipinski definition) is 1. The molecule has 1 N–H and O–H groups in total. The van der Waals surface area contributed by atoms with E-state index < -0.39 is 0 Å². The molecule has 0 saturated carbocycles. The lowest BCUT2D eigenvalue weighted by atomic mass is 10.1. The molecule has 1 aromatic heterocycles. The van der Waals surface area contributed by atoms with Gasteiger partial charge >= 0.3 is 0 Å². The van der Waals surface area contributed by atoms with Crippen molar-refractivity contribution < 1.29 is 9.53 Å². The highest BCUT2D eigenvalue weighted by molar-refractivity contribution is 6.31. The average Bonchev–Trinajstić information content (AvgIpc) is 2.96. The summed E-state index contributed by atoms with van der Waals surface area (Å²) in [5.41, 5.74) is 3.89. The van der Waals surface area contributed by atoms with Gasteiger partial charge < -0.3 is 10.1 Å². The van der Waals surface area contributed by atoms with Crippen molar-refractivity contribution in [1.82, 2.24) is 20.0 Å². The fourth-order valence-electron chi connectivity index (χ4n) is 3.27. The summed E-state index contributed by atoms with van der Waals surface area (Å²) in [6.45, 7) is 9.42. The summed E-state index contributed by atoms with van der Waals surface area (Å²) in [5.74, 6) is -0.0917. The Bertz CT molecular complexity index is 841. The number of ether oxygens (including phenoxy) is 1. The highest BCUT2D eigenvalue weighted by atomic mass is 35.5. The first-order chi connectivity index (χ1) is 13.5. The van der Waals surface area contributed by atoms with E-state index in [1.54, 1.807) is 6.08 Å². The SMILES string of the molecule is Cc1nn(Cc2ccccc2Cl)c(C)c1C=CC(=O)NCCN1CCOCC1. The molecule has 28 heavy (non-hydrogen) atoms. The van der Waals surface area contributed by atoms with E-state index >= 15 is 0 Å². The van der Waals surface area contributed by atoms with Gasteiger partial charge in [0.2, 0.25) is 5.91 Å². The Morgan fingerprint density at radius 1 is 1.29 bits per heavy atom. The Morgan fingerprint density at radius 2 is 2.04 bits per heavy atom. The van der Waals surface area contributed by atoms with Gasteiger partial charge in [0.25, 0.3) is 0 Å². The van der Waals surface area contributed by atoms with Crippen LogP contribution in [-0.4, -0.2) is 60.0 Å². The van der Waals surface area contributed by atoms with E-state index in [9.17, 15) is 4.79 Å². The summed E-state index contributed by atoms with van der Waals surface area (Å²) < 4.78 is 7.25. The van der Waals surface area contributed by atoms with Gasteiger partial charge in [-0.15, -0.1) is 0 Å². The van der Waals surface area contributed by atoms with Crippen molar-refractivity contribution in [2.45, 2.75) is 20.4 Å². The number of aromatic nitrogens is 2. The Balaban J connectivity index is 1.56. The summed E-state index contributed by atoms with van der Waals surface area (Å²) >= 11 is 6.26. The van der Waals surface area contributed by atoms with Gasteiger partial charge in [0.1, 0.15) is 0 Å². The van der Waals surface area contributed by atoms with E-state index in [1.165, 1.54) is 0 Å². The second-order valence-corrected chi connectivity index (χ2v) is 7.32. The molecule has 6 nitrogen and oxygen atoms in total. The van der Waals surface area contributed by atoms with Crippen molar-refractivity contribution in [2.24, 2.45) is 0 Å². The molecule has 1 aliphatic heterocycles. The first-order valence-corrected chi connectivity index (χ1v) is 9.96. The van der Waals surface area contributed by atoms with Crippen molar-refractivity contribution in [2.75, 3.05) is 39.4 Å². The van der Waals surface area contributed by atoms with Gasteiger partial charge in [0, 0.05) is 48.5 Å². The minimum atomic E-state index is -0.0917. The summed E-state index contributed by atoms with van der Waals surface area (Å²) in [6.07, 6.45) is 3.42. The molecule has 0 aliphatic carbocycles. The van der Waals surface area contributed by atoms with Crippen LogP contribution in [0.15, 0.2) is 30.3 Å². The lowest BCUT2D eigenvalue weighted by molar-refractivity contribution is -0.116. The van der Waals surface area contributed by atoms with Crippen LogP contribution in [0.2, 0.25) is 5.02 Å². The standard InChI is InChI=1S/C21H27ClN4O2/c1-16-19(7-8-21(27)23-9-10-25-11-13-28-14-12-25)17(2)26(24-16)15-18-5-3-4-6-20(18)22/h3-8H,9-15H2,1-2H3,(H,23,27). The quantitative estimate of drug-likeness (QED) is 0.723. The number of morpholine rings is 1. The first kappa shape index (κ1) is 20.6. The molecule has 1 fully saturated rings. The van der Waals surface area contributed by atoms with Gasteiger partial charge in [-0.2, -0.15) is 5.10 Å². The number of aryl methyl sites for hydroxylation is 1. The Hall–Kier alpha value is -2.15. The minimum Gasteiger partial charge on any atom is -0.379 e. The summed E-state index contributed by atoms with van der Waals surface area (Å²) in [7, 11) is 0. The average molecular weight is 403 g/mol. The van der Waals surface area contributed by atoms with Crippen LogP contribution in [0, 0.1) is 13.8 Å². The van der Waals surface area contributed by atoms with E-state index in [1.807, 2.05) is 48.9 Å². The summed E-state index contributed by atoms with van der Waals surface area (Å²) in [4.78, 5) is 14.4. The lowest BCUT2D eigenvalue weighted by Gasteiger charge is -2.26. The summed E-state index contributed by atoms with van der Waals surface area (Å²) in [5, 5.41) is 8.27. The number of nitrogens with one attached hydrogen (secondary N) is 1. The molecule has 0 unspecified atom stereocenters. The Kier molecular flexibility index (Phi) is 7.25. The smallest absolute Gasteiger partial charge is 0.244 e. The number of rotatable bonds is 7. The number of nitrogens with zero attached hydrogens (tertiary/aromatic N) is 3. The van der Waals surface area contributed by atoms with Crippen molar-refractivity contribution in [3.05, 3.63) is 57.9 Å². The van der Waals surface area contributed by atoms with E-state index in [4.69, 9.17) is 16.3 Å². The topological polar surface area (TPSA) is 59.4 Å². The van der Waals surface area contributed by atoms with Crippen LogP contribution in [0.4, 0.5) is 0 Å². The van der Waals surface area contributed by atoms with Crippen LogP contribution in [0.1, 0.15) is 22.5 Å². The fraction of sp³-hybridized carbons (Fsp3) is 0.429.